The van der Waals surface area contributed by atoms with Gasteiger partial charge in [0.2, 0.25) is 5.91 Å². The lowest BCUT2D eigenvalue weighted by atomic mass is 10.0. The fourth-order valence-corrected chi connectivity index (χ4v) is 2.50. The first-order chi connectivity index (χ1) is 9.04. The highest BCUT2D eigenvalue weighted by Gasteiger charge is 2.31. The molecule has 4 nitrogen and oxygen atoms in total. The molecule has 1 amide bonds. The summed E-state index contributed by atoms with van der Waals surface area (Å²) in [5.41, 5.74) is 8.17. The number of hydrogen-bond donors (Lipinski definition) is 1. The topological polar surface area (TPSA) is 49.6 Å². The highest BCUT2D eigenvalue weighted by atomic mass is 16.2. The van der Waals surface area contributed by atoms with Crippen LogP contribution in [0, 0.1) is 0 Å². The lowest BCUT2D eigenvalue weighted by molar-refractivity contribution is -0.132. The molecule has 0 spiro atoms. The molecule has 1 fully saturated rings. The summed E-state index contributed by atoms with van der Waals surface area (Å²) in [6.45, 7) is 6.30. The van der Waals surface area contributed by atoms with Gasteiger partial charge in [-0.05, 0) is 23.6 Å². The number of hydrogen-bond acceptors (Lipinski definition) is 3. The van der Waals surface area contributed by atoms with E-state index >= 15 is 0 Å². The molecule has 0 bridgehead atoms. The van der Waals surface area contributed by atoms with Crippen LogP contribution in [0.15, 0.2) is 24.3 Å². The maximum absolute atomic E-state index is 12.1. The van der Waals surface area contributed by atoms with Crippen LogP contribution in [0.4, 0.5) is 5.69 Å². The Balaban J connectivity index is 2.22. The second-order valence-corrected chi connectivity index (χ2v) is 5.45. The molecular formula is C15H23N3O. The largest absolute Gasteiger partial charge is 0.357 e. The Bertz CT molecular complexity index is 441. The number of rotatable bonds is 3. The number of nitrogens with zero attached hydrogens (tertiary/aromatic N) is 2. The van der Waals surface area contributed by atoms with Crippen LogP contribution in [0.5, 0.6) is 0 Å². The number of carbonyl (C=O) groups excluding carboxylic acids is 1. The lowest BCUT2D eigenvalue weighted by Gasteiger charge is -2.40. The second-order valence-electron chi connectivity index (χ2n) is 5.45. The van der Waals surface area contributed by atoms with E-state index in [0.717, 1.165) is 18.8 Å². The minimum atomic E-state index is -0.233. The fraction of sp³-hybridized carbons (Fsp3) is 0.533. The van der Waals surface area contributed by atoms with Gasteiger partial charge in [0.1, 0.15) is 6.04 Å². The number of amides is 1. The molecule has 19 heavy (non-hydrogen) atoms. The third-order valence-corrected chi connectivity index (χ3v) is 3.83. The standard InChI is InChI=1S/C15H23N3O/c1-11(2)12-4-6-13(7-5-12)18-9-8-17(3)15(19)14(18)10-16/h4-7,11,14H,8-10,16H2,1-3H3. The molecule has 0 radical (unpaired) electrons. The summed E-state index contributed by atoms with van der Waals surface area (Å²) in [6, 6.07) is 8.23. The molecule has 1 atom stereocenters. The first-order valence-electron chi connectivity index (χ1n) is 6.86. The molecule has 1 unspecified atom stereocenters. The normalized spacial score (nSPS) is 20.3. The number of piperazine rings is 1. The summed E-state index contributed by atoms with van der Waals surface area (Å²) in [4.78, 5) is 16.0. The molecule has 2 N–H and O–H groups in total. The SMILES string of the molecule is CC(C)c1ccc(N2CCN(C)C(=O)C2CN)cc1. The number of benzene rings is 1. The van der Waals surface area contributed by atoms with Crippen LogP contribution in [-0.2, 0) is 4.79 Å². The molecule has 104 valence electrons. The quantitative estimate of drug-likeness (QED) is 0.895. The third-order valence-electron chi connectivity index (χ3n) is 3.83. The average molecular weight is 261 g/mol. The van der Waals surface area contributed by atoms with E-state index in [1.165, 1.54) is 5.56 Å². The molecule has 0 aromatic heterocycles. The zero-order chi connectivity index (χ0) is 14.0. The Morgan fingerprint density at radius 2 is 1.89 bits per heavy atom. The van der Waals surface area contributed by atoms with Gasteiger partial charge < -0.3 is 15.5 Å². The molecule has 0 saturated carbocycles. The van der Waals surface area contributed by atoms with Gasteiger partial charge in [-0.3, -0.25) is 4.79 Å². The van der Waals surface area contributed by atoms with Crippen molar-refractivity contribution in [3.05, 3.63) is 29.8 Å². The Morgan fingerprint density at radius 1 is 1.26 bits per heavy atom. The molecule has 0 aliphatic carbocycles. The maximum atomic E-state index is 12.1. The van der Waals surface area contributed by atoms with Gasteiger partial charge in [0, 0.05) is 32.4 Å². The van der Waals surface area contributed by atoms with Crippen LogP contribution >= 0.6 is 0 Å². The van der Waals surface area contributed by atoms with Crippen molar-refractivity contribution in [2.24, 2.45) is 5.73 Å². The lowest BCUT2D eigenvalue weighted by Crippen LogP contribution is -2.58. The van der Waals surface area contributed by atoms with E-state index in [-0.39, 0.29) is 11.9 Å². The molecule has 4 heteroatoms. The minimum Gasteiger partial charge on any atom is -0.357 e. The summed E-state index contributed by atoms with van der Waals surface area (Å²) in [6.07, 6.45) is 0. The van der Waals surface area contributed by atoms with Gasteiger partial charge in [-0.25, -0.2) is 0 Å². The predicted octanol–water partition coefficient (Wildman–Crippen LogP) is 1.42. The molecule has 1 aliphatic rings. The molecule has 1 saturated heterocycles. The average Bonchev–Trinajstić information content (AvgIpc) is 2.41. The van der Waals surface area contributed by atoms with E-state index in [1.807, 2.05) is 7.05 Å². The van der Waals surface area contributed by atoms with Crippen molar-refractivity contribution in [3.8, 4) is 0 Å². The highest BCUT2D eigenvalue weighted by Crippen LogP contribution is 2.23. The molecule has 1 heterocycles. The van der Waals surface area contributed by atoms with Crippen LogP contribution < -0.4 is 10.6 Å². The number of anilines is 1. The van der Waals surface area contributed by atoms with Gasteiger partial charge in [-0.2, -0.15) is 0 Å². The minimum absolute atomic E-state index is 0.113. The van der Waals surface area contributed by atoms with E-state index in [1.54, 1.807) is 4.90 Å². The van der Waals surface area contributed by atoms with Crippen molar-refractivity contribution < 1.29 is 4.79 Å². The first kappa shape index (κ1) is 13.9. The summed E-state index contributed by atoms with van der Waals surface area (Å²) in [5, 5.41) is 0. The predicted molar refractivity (Wildman–Crippen MR) is 78.4 cm³/mol. The summed E-state index contributed by atoms with van der Waals surface area (Å²) in [7, 11) is 1.84. The molecule has 1 aromatic rings. The van der Waals surface area contributed by atoms with Crippen molar-refractivity contribution in [3.63, 3.8) is 0 Å². The van der Waals surface area contributed by atoms with Crippen LogP contribution in [0.2, 0.25) is 0 Å². The summed E-state index contributed by atoms with van der Waals surface area (Å²) < 4.78 is 0. The van der Waals surface area contributed by atoms with Gasteiger partial charge in [-0.15, -0.1) is 0 Å². The molecular weight excluding hydrogens is 238 g/mol. The number of likely N-dealkylation sites (N-methyl/N-ethyl adjacent to an activating group) is 1. The van der Waals surface area contributed by atoms with Crippen molar-refractivity contribution >= 4 is 11.6 Å². The Morgan fingerprint density at radius 3 is 2.42 bits per heavy atom. The third kappa shape index (κ3) is 2.73. The van der Waals surface area contributed by atoms with Crippen molar-refractivity contribution in [1.29, 1.82) is 0 Å². The fourth-order valence-electron chi connectivity index (χ4n) is 2.50. The van der Waals surface area contributed by atoms with Crippen molar-refractivity contribution in [2.75, 3.05) is 31.6 Å². The summed E-state index contributed by atoms with van der Waals surface area (Å²) >= 11 is 0. The maximum Gasteiger partial charge on any atom is 0.246 e. The zero-order valence-corrected chi connectivity index (χ0v) is 12.0. The van der Waals surface area contributed by atoms with Crippen LogP contribution in [0.3, 0.4) is 0 Å². The zero-order valence-electron chi connectivity index (χ0n) is 12.0. The van der Waals surface area contributed by atoms with Crippen LogP contribution in [0.25, 0.3) is 0 Å². The van der Waals surface area contributed by atoms with Gasteiger partial charge >= 0.3 is 0 Å². The number of carbonyl (C=O) groups is 1. The summed E-state index contributed by atoms with van der Waals surface area (Å²) in [5.74, 6) is 0.634. The second kappa shape index (κ2) is 5.61. The van der Waals surface area contributed by atoms with Gasteiger partial charge in [-0.1, -0.05) is 26.0 Å². The van der Waals surface area contributed by atoms with E-state index < -0.39 is 0 Å². The number of nitrogens with two attached hydrogens (primary N) is 1. The van der Waals surface area contributed by atoms with Gasteiger partial charge in [0.15, 0.2) is 0 Å². The van der Waals surface area contributed by atoms with E-state index in [4.69, 9.17) is 5.73 Å². The van der Waals surface area contributed by atoms with Crippen LogP contribution in [-0.4, -0.2) is 43.5 Å². The van der Waals surface area contributed by atoms with E-state index in [9.17, 15) is 4.79 Å². The van der Waals surface area contributed by atoms with Crippen molar-refractivity contribution in [1.82, 2.24) is 4.90 Å². The van der Waals surface area contributed by atoms with Crippen molar-refractivity contribution in [2.45, 2.75) is 25.8 Å². The molecule has 1 aromatic carbocycles. The molecule has 1 aliphatic heterocycles. The Labute approximate surface area is 115 Å². The molecule has 2 rings (SSSR count). The first-order valence-corrected chi connectivity index (χ1v) is 6.86. The Kier molecular flexibility index (Phi) is 4.10. The monoisotopic (exact) mass is 261 g/mol. The van der Waals surface area contributed by atoms with E-state index in [0.29, 0.717) is 12.5 Å². The van der Waals surface area contributed by atoms with Gasteiger partial charge in [0.05, 0.1) is 0 Å². The van der Waals surface area contributed by atoms with Gasteiger partial charge in [0.25, 0.3) is 0 Å². The van der Waals surface area contributed by atoms with E-state index in [2.05, 4.69) is 43.0 Å². The Hall–Kier alpha value is -1.55. The van der Waals surface area contributed by atoms with Crippen LogP contribution in [0.1, 0.15) is 25.3 Å². The highest BCUT2D eigenvalue weighted by molar-refractivity contribution is 5.86. The smallest absolute Gasteiger partial charge is 0.246 e.